The van der Waals surface area contributed by atoms with E-state index >= 15 is 0 Å². The molecule has 0 unspecified atom stereocenters. The number of halogens is 2. The van der Waals surface area contributed by atoms with Gasteiger partial charge in [-0.15, -0.1) is 0 Å². The molecule has 0 aliphatic heterocycles. The average Bonchev–Trinajstić information content (AvgIpc) is 3.02. The van der Waals surface area contributed by atoms with Crippen molar-refractivity contribution in [2.75, 3.05) is 0 Å². The normalized spacial score (nSPS) is 11.2. The highest BCUT2D eigenvalue weighted by Gasteiger charge is 2.14. The molecule has 0 aliphatic carbocycles. The van der Waals surface area contributed by atoms with E-state index in [9.17, 15) is 20.0 Å². The first-order valence-corrected chi connectivity index (χ1v) is 8.21. The van der Waals surface area contributed by atoms with E-state index in [2.05, 4.69) is 26.5 Å². The lowest BCUT2D eigenvalue weighted by molar-refractivity contribution is -0.384. The molecule has 2 N–H and O–H groups in total. The first-order chi connectivity index (χ1) is 12.3. The zero-order valence-corrected chi connectivity index (χ0v) is 15.1. The van der Waals surface area contributed by atoms with Gasteiger partial charge in [-0.3, -0.25) is 14.9 Å². The van der Waals surface area contributed by atoms with Crippen molar-refractivity contribution in [1.29, 1.82) is 0 Å². The van der Waals surface area contributed by atoms with E-state index in [4.69, 9.17) is 16.0 Å². The average molecular weight is 439 g/mol. The third-order valence-corrected chi connectivity index (χ3v) is 4.18. The fourth-order valence-corrected chi connectivity index (χ4v) is 2.99. The van der Waals surface area contributed by atoms with Crippen LogP contribution in [0.15, 0.2) is 50.4 Å². The summed E-state index contributed by atoms with van der Waals surface area (Å²) in [5.74, 6) is -0.793. The number of hydrogen-bond donors (Lipinski definition) is 2. The van der Waals surface area contributed by atoms with Gasteiger partial charge in [0, 0.05) is 28.1 Å². The van der Waals surface area contributed by atoms with Crippen molar-refractivity contribution in [2.24, 2.45) is 5.10 Å². The molecule has 26 heavy (non-hydrogen) atoms. The molecule has 0 saturated heterocycles. The molecule has 3 aromatic rings. The highest BCUT2D eigenvalue weighted by Crippen LogP contribution is 2.30. The molecule has 0 atom stereocenters. The largest absolute Gasteiger partial charge is 0.506 e. The Kier molecular flexibility index (Phi) is 4.92. The number of hydrogen-bond acceptors (Lipinski definition) is 6. The number of phenols is 1. The minimum absolute atomic E-state index is 0.0610. The van der Waals surface area contributed by atoms with E-state index < -0.39 is 10.8 Å². The van der Waals surface area contributed by atoms with Crippen molar-refractivity contribution in [3.63, 3.8) is 0 Å². The van der Waals surface area contributed by atoms with Crippen LogP contribution >= 0.6 is 27.5 Å². The Bertz CT molecular complexity index is 1060. The summed E-state index contributed by atoms with van der Waals surface area (Å²) >= 11 is 9.03. The van der Waals surface area contributed by atoms with Crippen LogP contribution in [0.4, 0.5) is 5.69 Å². The van der Waals surface area contributed by atoms with Crippen molar-refractivity contribution in [2.45, 2.75) is 0 Å². The number of fused-ring (bicyclic) bond motifs is 1. The van der Waals surface area contributed by atoms with Crippen LogP contribution in [0.2, 0.25) is 5.02 Å². The summed E-state index contributed by atoms with van der Waals surface area (Å²) < 4.78 is 5.73. The Labute approximate surface area is 159 Å². The summed E-state index contributed by atoms with van der Waals surface area (Å²) in [6.07, 6.45) is 1.22. The highest BCUT2D eigenvalue weighted by atomic mass is 79.9. The predicted octanol–water partition coefficient (Wildman–Crippen LogP) is 4.23. The standard InChI is InChI=1S/C16H9BrClN3O5/c17-12-6-10(18)3-9(15(12)22)7-19-20-16(23)14-5-8-4-11(21(24)25)1-2-13(8)26-14/h1-7,22H,(H,20,23)/b19-7+. The van der Waals surface area contributed by atoms with Gasteiger partial charge in [-0.1, -0.05) is 11.6 Å². The number of furan rings is 1. The number of amides is 1. The monoisotopic (exact) mass is 437 g/mol. The van der Waals surface area contributed by atoms with Gasteiger partial charge in [0.1, 0.15) is 11.3 Å². The Hall–Kier alpha value is -2.91. The fourth-order valence-electron chi connectivity index (χ4n) is 2.16. The molecular weight excluding hydrogens is 430 g/mol. The fraction of sp³-hybridized carbons (Fsp3) is 0. The van der Waals surface area contributed by atoms with Gasteiger partial charge in [0.05, 0.1) is 15.6 Å². The van der Waals surface area contributed by atoms with E-state index in [0.29, 0.717) is 26.0 Å². The molecule has 2 aromatic carbocycles. The van der Waals surface area contributed by atoms with Crippen molar-refractivity contribution >= 4 is 56.3 Å². The number of hydrazone groups is 1. The summed E-state index contributed by atoms with van der Waals surface area (Å²) in [5, 5.41) is 25.2. The van der Waals surface area contributed by atoms with Crippen LogP contribution in [0, 0.1) is 10.1 Å². The Morgan fingerprint density at radius 2 is 2.12 bits per heavy atom. The zero-order chi connectivity index (χ0) is 18.8. The number of nitrogens with one attached hydrogen (secondary N) is 1. The number of carbonyl (C=O) groups excluding carboxylic acids is 1. The Balaban J connectivity index is 1.78. The molecule has 0 aliphatic rings. The number of nitrogens with zero attached hydrogens (tertiary/aromatic N) is 2. The lowest BCUT2D eigenvalue weighted by atomic mass is 10.2. The van der Waals surface area contributed by atoms with Gasteiger partial charge in [-0.25, -0.2) is 5.43 Å². The predicted molar refractivity (Wildman–Crippen MR) is 98.7 cm³/mol. The number of aromatic hydroxyl groups is 1. The smallest absolute Gasteiger partial charge is 0.307 e. The molecule has 1 aromatic heterocycles. The van der Waals surface area contributed by atoms with Crippen molar-refractivity contribution in [3.05, 3.63) is 67.3 Å². The number of benzene rings is 2. The van der Waals surface area contributed by atoms with Crippen molar-refractivity contribution < 1.29 is 19.2 Å². The van der Waals surface area contributed by atoms with E-state index in [-0.39, 0.29) is 17.2 Å². The molecule has 1 amide bonds. The third-order valence-electron chi connectivity index (χ3n) is 3.36. The van der Waals surface area contributed by atoms with E-state index in [1.54, 1.807) is 0 Å². The molecule has 0 fully saturated rings. The van der Waals surface area contributed by atoms with Gasteiger partial charge in [0.15, 0.2) is 5.76 Å². The Morgan fingerprint density at radius 3 is 2.85 bits per heavy atom. The molecule has 0 radical (unpaired) electrons. The van der Waals surface area contributed by atoms with Gasteiger partial charge in [-0.2, -0.15) is 5.10 Å². The second kappa shape index (κ2) is 7.14. The molecule has 132 valence electrons. The second-order valence-electron chi connectivity index (χ2n) is 5.11. The summed E-state index contributed by atoms with van der Waals surface area (Å²) in [6, 6.07) is 8.36. The second-order valence-corrected chi connectivity index (χ2v) is 6.41. The first kappa shape index (κ1) is 17.9. The van der Waals surface area contributed by atoms with Crippen LogP contribution in [0.3, 0.4) is 0 Å². The first-order valence-electron chi connectivity index (χ1n) is 7.04. The van der Waals surface area contributed by atoms with Crippen LogP contribution in [0.25, 0.3) is 11.0 Å². The number of non-ortho nitro benzene ring substituents is 1. The van der Waals surface area contributed by atoms with Crippen LogP contribution in [0.5, 0.6) is 5.75 Å². The minimum Gasteiger partial charge on any atom is -0.506 e. The lowest BCUT2D eigenvalue weighted by Gasteiger charge is -2.02. The van der Waals surface area contributed by atoms with Gasteiger partial charge in [0.25, 0.3) is 5.69 Å². The molecule has 10 heteroatoms. The van der Waals surface area contributed by atoms with Gasteiger partial charge >= 0.3 is 5.91 Å². The molecule has 8 nitrogen and oxygen atoms in total. The van der Waals surface area contributed by atoms with Gasteiger partial charge < -0.3 is 9.52 Å². The summed E-state index contributed by atoms with van der Waals surface area (Å²) in [6.45, 7) is 0. The Morgan fingerprint density at radius 1 is 1.35 bits per heavy atom. The van der Waals surface area contributed by atoms with Crippen LogP contribution in [-0.2, 0) is 0 Å². The molecule has 0 bridgehead atoms. The number of carbonyl (C=O) groups is 1. The van der Waals surface area contributed by atoms with E-state index in [1.807, 2.05) is 0 Å². The highest BCUT2D eigenvalue weighted by molar-refractivity contribution is 9.10. The van der Waals surface area contributed by atoms with Crippen LogP contribution in [-0.4, -0.2) is 22.2 Å². The number of nitro benzene ring substituents is 1. The molecule has 1 heterocycles. The zero-order valence-electron chi connectivity index (χ0n) is 12.8. The van der Waals surface area contributed by atoms with E-state index in [1.165, 1.54) is 42.6 Å². The van der Waals surface area contributed by atoms with Gasteiger partial charge in [-0.05, 0) is 40.2 Å². The van der Waals surface area contributed by atoms with Crippen molar-refractivity contribution in [3.8, 4) is 5.75 Å². The topological polar surface area (TPSA) is 118 Å². The van der Waals surface area contributed by atoms with E-state index in [0.717, 1.165) is 0 Å². The number of phenolic OH excluding ortho intramolecular Hbond substituents is 1. The molecular formula is C16H9BrClN3O5. The summed E-state index contributed by atoms with van der Waals surface area (Å²) in [7, 11) is 0. The van der Waals surface area contributed by atoms with Crippen LogP contribution < -0.4 is 5.43 Å². The molecule has 0 spiro atoms. The molecule has 0 saturated carbocycles. The lowest BCUT2D eigenvalue weighted by Crippen LogP contribution is -2.16. The number of nitro groups is 1. The van der Waals surface area contributed by atoms with Gasteiger partial charge in [0.2, 0.25) is 0 Å². The number of rotatable bonds is 4. The van der Waals surface area contributed by atoms with Crippen molar-refractivity contribution in [1.82, 2.24) is 5.43 Å². The quantitative estimate of drug-likeness (QED) is 0.359. The minimum atomic E-state index is -0.652. The van der Waals surface area contributed by atoms with Crippen LogP contribution in [0.1, 0.15) is 16.1 Å². The third kappa shape index (κ3) is 3.68. The maximum atomic E-state index is 12.1. The molecule has 3 rings (SSSR count). The SMILES string of the molecule is O=C(N/N=C/c1cc(Cl)cc(Br)c1O)c1cc2cc([N+](=O)[O-])ccc2o1. The maximum Gasteiger partial charge on any atom is 0.307 e. The summed E-state index contributed by atoms with van der Waals surface area (Å²) in [5.41, 5.74) is 2.77. The maximum absolute atomic E-state index is 12.1. The summed E-state index contributed by atoms with van der Waals surface area (Å²) in [4.78, 5) is 22.3.